The van der Waals surface area contributed by atoms with Gasteiger partial charge in [-0.3, -0.25) is 0 Å². The molecule has 2 aliphatic rings. The predicted molar refractivity (Wildman–Crippen MR) is 103 cm³/mol. The van der Waals surface area contributed by atoms with Gasteiger partial charge in [0.2, 0.25) is 0 Å². The van der Waals surface area contributed by atoms with E-state index in [1.54, 1.807) is 4.90 Å². The maximum Gasteiger partial charge on any atom is 0.410 e. The van der Waals surface area contributed by atoms with Gasteiger partial charge in [0, 0.05) is 45.6 Å². The first-order valence-corrected chi connectivity index (χ1v) is 9.80. The highest BCUT2D eigenvalue weighted by Gasteiger charge is 2.26. The molecule has 2 fully saturated rings. The van der Waals surface area contributed by atoms with Crippen LogP contribution in [0.3, 0.4) is 0 Å². The van der Waals surface area contributed by atoms with Gasteiger partial charge in [0.05, 0.1) is 12.7 Å². The number of hydrogen-bond donors (Lipinski definition) is 1. The molecule has 1 atom stereocenters. The summed E-state index contributed by atoms with van der Waals surface area (Å²) >= 11 is 0. The van der Waals surface area contributed by atoms with Crippen molar-refractivity contribution in [2.45, 2.75) is 31.7 Å². The third kappa shape index (κ3) is 6.38. The van der Waals surface area contributed by atoms with Crippen LogP contribution >= 0.6 is 0 Å². The zero-order chi connectivity index (χ0) is 19.8. The van der Waals surface area contributed by atoms with Crippen molar-refractivity contribution >= 4 is 12.2 Å². The van der Waals surface area contributed by atoms with E-state index in [9.17, 15) is 9.59 Å². The highest BCUT2D eigenvalue weighted by atomic mass is 16.6. The number of nitrogens with one attached hydrogen (secondary N) is 1. The molecule has 2 amide bonds. The summed E-state index contributed by atoms with van der Waals surface area (Å²) in [4.78, 5) is 28.0. The number of carbonyl (C=O) groups is 2. The largest absolute Gasteiger partial charge is 0.446 e. The first-order chi connectivity index (χ1) is 13.6. The normalized spacial score (nSPS) is 21.2. The number of alkyl carbamates (subject to hydrolysis) is 1. The fourth-order valence-corrected chi connectivity index (χ4v) is 3.35. The van der Waals surface area contributed by atoms with Gasteiger partial charge in [0.1, 0.15) is 12.7 Å². The molecule has 0 aliphatic carbocycles. The molecule has 2 saturated heterocycles. The van der Waals surface area contributed by atoms with Crippen LogP contribution < -0.4 is 5.32 Å². The Hall–Kier alpha value is -2.32. The number of hydrogen-bond acceptors (Lipinski definition) is 6. The van der Waals surface area contributed by atoms with E-state index >= 15 is 0 Å². The number of nitrogens with zero attached hydrogens (tertiary/aromatic N) is 2. The number of morpholine rings is 1. The molecule has 28 heavy (non-hydrogen) atoms. The first-order valence-electron chi connectivity index (χ1n) is 9.80. The Balaban J connectivity index is 1.31. The number of piperidine rings is 1. The molecule has 0 aromatic heterocycles. The van der Waals surface area contributed by atoms with Crippen LogP contribution in [0.15, 0.2) is 30.3 Å². The molecule has 1 aromatic rings. The minimum Gasteiger partial charge on any atom is -0.446 e. The van der Waals surface area contributed by atoms with Crippen LogP contribution in [-0.2, 0) is 20.8 Å². The van der Waals surface area contributed by atoms with Crippen molar-refractivity contribution in [3.05, 3.63) is 35.9 Å². The first kappa shape index (κ1) is 20.4. The molecule has 1 N–H and O–H groups in total. The van der Waals surface area contributed by atoms with E-state index in [0.29, 0.717) is 39.1 Å². The fourth-order valence-electron chi connectivity index (χ4n) is 3.35. The minimum absolute atomic E-state index is 0.00691. The maximum absolute atomic E-state index is 12.2. The van der Waals surface area contributed by atoms with Crippen LogP contribution in [0.5, 0.6) is 0 Å². The second-order valence-corrected chi connectivity index (χ2v) is 7.27. The van der Waals surface area contributed by atoms with Gasteiger partial charge >= 0.3 is 12.2 Å². The van der Waals surface area contributed by atoms with Gasteiger partial charge in [0.25, 0.3) is 0 Å². The molecular formula is C20H29N3O5. The van der Waals surface area contributed by atoms with Crippen molar-refractivity contribution < 1.29 is 23.8 Å². The van der Waals surface area contributed by atoms with E-state index in [0.717, 1.165) is 18.7 Å². The highest BCUT2D eigenvalue weighted by molar-refractivity contribution is 5.68. The summed E-state index contributed by atoms with van der Waals surface area (Å²) in [5, 5.41) is 2.77. The summed E-state index contributed by atoms with van der Waals surface area (Å²) in [7, 11) is 2.03. The molecule has 8 nitrogen and oxygen atoms in total. The Bertz CT molecular complexity index is 634. The average Bonchev–Trinajstić information content (AvgIpc) is 2.72. The van der Waals surface area contributed by atoms with E-state index in [2.05, 4.69) is 10.2 Å². The summed E-state index contributed by atoms with van der Waals surface area (Å²) < 4.78 is 16.4. The molecule has 2 aliphatic heterocycles. The monoisotopic (exact) mass is 391 g/mol. The van der Waals surface area contributed by atoms with E-state index < -0.39 is 6.09 Å². The van der Waals surface area contributed by atoms with Crippen LogP contribution in [0.2, 0.25) is 0 Å². The SMILES string of the molecule is CN1CCOC(CNC(=O)OC2CCN(C(=O)OCc3ccccc3)CC2)C1. The Morgan fingerprint density at radius 2 is 1.93 bits per heavy atom. The third-order valence-electron chi connectivity index (χ3n) is 4.99. The van der Waals surface area contributed by atoms with Crippen LogP contribution in [0.25, 0.3) is 0 Å². The summed E-state index contributed by atoms with van der Waals surface area (Å²) in [5.41, 5.74) is 0.957. The predicted octanol–water partition coefficient (Wildman–Crippen LogP) is 1.84. The number of carbonyl (C=O) groups excluding carboxylic acids is 2. The molecule has 0 radical (unpaired) electrons. The van der Waals surface area contributed by atoms with Gasteiger partial charge in [-0.15, -0.1) is 0 Å². The topological polar surface area (TPSA) is 80.3 Å². The quantitative estimate of drug-likeness (QED) is 0.825. The zero-order valence-corrected chi connectivity index (χ0v) is 16.3. The summed E-state index contributed by atoms with van der Waals surface area (Å²) in [6.07, 6.45) is 0.264. The lowest BCUT2D eigenvalue weighted by Gasteiger charge is -2.32. The Morgan fingerprint density at radius 3 is 2.64 bits per heavy atom. The van der Waals surface area contributed by atoms with Crippen molar-refractivity contribution in [1.82, 2.24) is 15.1 Å². The number of amides is 2. The van der Waals surface area contributed by atoms with Gasteiger partial charge in [-0.05, 0) is 12.6 Å². The lowest BCUT2D eigenvalue weighted by Crippen LogP contribution is -2.47. The molecule has 0 bridgehead atoms. The second-order valence-electron chi connectivity index (χ2n) is 7.27. The van der Waals surface area contributed by atoms with E-state index in [1.165, 1.54) is 0 Å². The number of likely N-dealkylation sites (tertiary alicyclic amines) is 1. The summed E-state index contributed by atoms with van der Waals surface area (Å²) in [6.45, 7) is 4.11. The Kier molecular flexibility index (Phi) is 7.50. The number of ether oxygens (including phenoxy) is 3. The highest BCUT2D eigenvalue weighted by Crippen LogP contribution is 2.15. The molecular weight excluding hydrogens is 362 g/mol. The number of rotatable bonds is 5. The third-order valence-corrected chi connectivity index (χ3v) is 4.99. The molecule has 1 unspecified atom stereocenters. The van der Waals surface area contributed by atoms with Crippen molar-refractivity contribution in [3.63, 3.8) is 0 Å². The van der Waals surface area contributed by atoms with Gasteiger partial charge in [0.15, 0.2) is 0 Å². The molecule has 0 spiro atoms. The number of likely N-dealkylation sites (N-methyl/N-ethyl adjacent to an activating group) is 1. The van der Waals surface area contributed by atoms with E-state index in [1.807, 2.05) is 37.4 Å². The lowest BCUT2D eigenvalue weighted by molar-refractivity contribution is -0.0195. The van der Waals surface area contributed by atoms with E-state index in [4.69, 9.17) is 14.2 Å². The van der Waals surface area contributed by atoms with E-state index in [-0.39, 0.29) is 24.9 Å². The van der Waals surface area contributed by atoms with Crippen molar-refractivity contribution in [1.29, 1.82) is 0 Å². The Labute approximate surface area is 165 Å². The standard InChI is InChI=1S/C20H29N3O5/c1-22-11-12-26-18(14-22)13-21-19(24)28-17-7-9-23(10-8-17)20(25)27-15-16-5-3-2-4-6-16/h2-6,17-18H,7-15H2,1H3,(H,21,24). The van der Waals surface area contributed by atoms with Crippen molar-refractivity contribution in [2.24, 2.45) is 0 Å². The molecule has 2 heterocycles. The average molecular weight is 391 g/mol. The smallest absolute Gasteiger partial charge is 0.410 e. The minimum atomic E-state index is -0.429. The van der Waals surface area contributed by atoms with Crippen molar-refractivity contribution in [3.8, 4) is 0 Å². The van der Waals surface area contributed by atoms with Gasteiger partial charge < -0.3 is 29.3 Å². The van der Waals surface area contributed by atoms with Crippen LogP contribution in [0, 0.1) is 0 Å². The fraction of sp³-hybridized carbons (Fsp3) is 0.600. The van der Waals surface area contributed by atoms with Gasteiger partial charge in [-0.2, -0.15) is 0 Å². The van der Waals surface area contributed by atoms with Gasteiger partial charge in [-0.25, -0.2) is 9.59 Å². The summed E-state index contributed by atoms with van der Waals surface area (Å²) in [5.74, 6) is 0. The maximum atomic E-state index is 12.2. The summed E-state index contributed by atoms with van der Waals surface area (Å²) in [6, 6.07) is 9.59. The second kappa shape index (κ2) is 10.3. The molecule has 154 valence electrons. The van der Waals surface area contributed by atoms with Crippen LogP contribution in [-0.4, -0.2) is 80.6 Å². The van der Waals surface area contributed by atoms with Crippen LogP contribution in [0.1, 0.15) is 18.4 Å². The molecule has 1 aromatic carbocycles. The van der Waals surface area contributed by atoms with Gasteiger partial charge in [-0.1, -0.05) is 30.3 Å². The zero-order valence-electron chi connectivity index (χ0n) is 16.3. The van der Waals surface area contributed by atoms with Crippen LogP contribution in [0.4, 0.5) is 9.59 Å². The lowest BCUT2D eigenvalue weighted by atomic mass is 10.1. The Morgan fingerprint density at radius 1 is 1.18 bits per heavy atom. The number of benzene rings is 1. The molecule has 3 rings (SSSR count). The molecule has 0 saturated carbocycles. The molecule has 8 heteroatoms. The van der Waals surface area contributed by atoms with Crippen molar-refractivity contribution in [2.75, 3.05) is 46.4 Å².